The standard InChI is InChI=1S/C6H10N4O4/c1-7-5(11)13-9-3-4-10-14-6(12)8-2/h3-4H,1-2H3,(H,7,11)(H,8,12). The second-order valence-corrected chi connectivity index (χ2v) is 1.77. The van der Waals surface area contributed by atoms with Gasteiger partial charge in [0.25, 0.3) is 0 Å². The molecule has 0 aromatic rings. The lowest BCUT2D eigenvalue weighted by molar-refractivity contribution is 0.152. The summed E-state index contributed by atoms with van der Waals surface area (Å²) in [7, 11) is 2.78. The summed E-state index contributed by atoms with van der Waals surface area (Å²) in [6, 6.07) is 0. The highest BCUT2D eigenvalue weighted by molar-refractivity contribution is 6.15. The molecule has 8 heteroatoms. The summed E-state index contributed by atoms with van der Waals surface area (Å²) >= 11 is 0. The third kappa shape index (κ3) is 6.58. The van der Waals surface area contributed by atoms with Crippen molar-refractivity contribution >= 4 is 24.6 Å². The molecule has 78 valence electrons. The number of carbonyl (C=O) groups is 2. The van der Waals surface area contributed by atoms with Gasteiger partial charge in [-0.3, -0.25) is 9.68 Å². The Morgan fingerprint density at radius 3 is 1.64 bits per heavy atom. The van der Waals surface area contributed by atoms with Crippen LogP contribution in [-0.2, 0) is 9.68 Å². The first kappa shape index (κ1) is 11.9. The first-order valence-electron chi connectivity index (χ1n) is 3.53. The Kier molecular flexibility index (Phi) is 6.39. The van der Waals surface area contributed by atoms with Gasteiger partial charge in [-0.05, 0) is 0 Å². The molecule has 0 unspecified atom stereocenters. The molecule has 2 amide bonds. The molecule has 0 saturated carbocycles. The fourth-order valence-corrected chi connectivity index (χ4v) is 0.302. The Hall–Kier alpha value is -2.12. The number of carbonyl (C=O) groups excluding carboxylic acids is 2. The normalized spacial score (nSPS) is 10.1. The molecular weight excluding hydrogens is 192 g/mol. The third-order valence-electron chi connectivity index (χ3n) is 0.868. The Balaban J connectivity index is 3.60. The van der Waals surface area contributed by atoms with E-state index in [0.29, 0.717) is 0 Å². The van der Waals surface area contributed by atoms with Gasteiger partial charge in [-0.2, -0.15) is 0 Å². The molecule has 2 N–H and O–H groups in total. The molecule has 0 aliphatic rings. The second kappa shape index (κ2) is 7.53. The third-order valence-corrected chi connectivity index (χ3v) is 0.868. The zero-order chi connectivity index (χ0) is 10.8. The van der Waals surface area contributed by atoms with Crippen molar-refractivity contribution in [3.63, 3.8) is 0 Å². The first-order valence-corrected chi connectivity index (χ1v) is 3.53. The minimum atomic E-state index is -0.707. The van der Waals surface area contributed by atoms with E-state index in [0.717, 1.165) is 12.4 Å². The lowest BCUT2D eigenvalue weighted by atomic mass is 10.8. The van der Waals surface area contributed by atoms with Crippen LogP contribution in [-0.4, -0.2) is 38.7 Å². The zero-order valence-corrected chi connectivity index (χ0v) is 7.68. The van der Waals surface area contributed by atoms with Gasteiger partial charge in [0.15, 0.2) is 0 Å². The maximum Gasteiger partial charge on any atom is 0.433 e. The van der Waals surface area contributed by atoms with Crippen LogP contribution in [0.15, 0.2) is 10.3 Å². The number of nitrogens with one attached hydrogen (secondary N) is 2. The molecule has 8 nitrogen and oxygen atoms in total. The summed E-state index contributed by atoms with van der Waals surface area (Å²) in [5, 5.41) is 10.7. The van der Waals surface area contributed by atoms with E-state index in [-0.39, 0.29) is 0 Å². The van der Waals surface area contributed by atoms with Crippen LogP contribution >= 0.6 is 0 Å². The van der Waals surface area contributed by atoms with Crippen molar-refractivity contribution in [3.8, 4) is 0 Å². The Morgan fingerprint density at radius 2 is 1.36 bits per heavy atom. The predicted octanol–water partition coefficient (Wildman–Crippen LogP) is -0.330. The van der Waals surface area contributed by atoms with Crippen LogP contribution in [0.1, 0.15) is 0 Å². The smallest absolute Gasteiger partial charge is 0.323 e. The molecule has 0 aliphatic carbocycles. The molecule has 0 aromatic heterocycles. The van der Waals surface area contributed by atoms with Crippen molar-refractivity contribution in [2.24, 2.45) is 10.3 Å². The van der Waals surface area contributed by atoms with E-state index < -0.39 is 12.2 Å². The number of hydrogen-bond donors (Lipinski definition) is 2. The topological polar surface area (TPSA) is 101 Å². The van der Waals surface area contributed by atoms with Crippen LogP contribution < -0.4 is 10.6 Å². The van der Waals surface area contributed by atoms with E-state index in [1.165, 1.54) is 14.1 Å². The Bertz CT molecular complexity index is 224. The van der Waals surface area contributed by atoms with Gasteiger partial charge in [-0.25, -0.2) is 9.59 Å². The van der Waals surface area contributed by atoms with Crippen molar-refractivity contribution < 1.29 is 19.3 Å². The predicted molar refractivity (Wildman–Crippen MR) is 48.1 cm³/mol. The largest absolute Gasteiger partial charge is 0.433 e. The van der Waals surface area contributed by atoms with E-state index in [4.69, 9.17) is 0 Å². The summed E-state index contributed by atoms with van der Waals surface area (Å²) in [5.74, 6) is 0. The quantitative estimate of drug-likeness (QED) is 0.371. The highest BCUT2D eigenvalue weighted by Crippen LogP contribution is 1.76. The lowest BCUT2D eigenvalue weighted by Gasteiger charge is -1.92. The summed E-state index contributed by atoms with van der Waals surface area (Å²) in [5.41, 5.74) is 0. The van der Waals surface area contributed by atoms with Crippen molar-refractivity contribution in [2.75, 3.05) is 14.1 Å². The number of amides is 2. The highest BCUT2D eigenvalue weighted by Gasteiger charge is 1.93. The van der Waals surface area contributed by atoms with Crippen molar-refractivity contribution in [1.29, 1.82) is 0 Å². The van der Waals surface area contributed by atoms with Gasteiger partial charge in [0, 0.05) is 14.1 Å². The average molecular weight is 202 g/mol. The molecule has 0 radical (unpaired) electrons. The molecule has 0 heterocycles. The number of rotatable bonds is 3. The van der Waals surface area contributed by atoms with Crippen molar-refractivity contribution in [1.82, 2.24) is 10.6 Å². The molecule has 0 bridgehead atoms. The summed E-state index contributed by atoms with van der Waals surface area (Å²) in [6.45, 7) is 0. The van der Waals surface area contributed by atoms with Crippen LogP contribution in [0.4, 0.5) is 9.59 Å². The molecule has 14 heavy (non-hydrogen) atoms. The molecule has 0 atom stereocenters. The van der Waals surface area contributed by atoms with E-state index in [2.05, 4.69) is 30.6 Å². The first-order chi connectivity index (χ1) is 6.70. The summed E-state index contributed by atoms with van der Waals surface area (Å²) in [4.78, 5) is 29.2. The van der Waals surface area contributed by atoms with Gasteiger partial charge < -0.3 is 10.6 Å². The van der Waals surface area contributed by atoms with Crippen molar-refractivity contribution in [3.05, 3.63) is 0 Å². The van der Waals surface area contributed by atoms with E-state index in [1.807, 2.05) is 0 Å². The fourth-order valence-electron chi connectivity index (χ4n) is 0.302. The van der Waals surface area contributed by atoms with Crippen LogP contribution in [0, 0.1) is 0 Å². The maximum absolute atomic E-state index is 10.4. The molecule has 0 spiro atoms. The lowest BCUT2D eigenvalue weighted by Crippen LogP contribution is -2.17. The molecule has 0 aromatic carbocycles. The molecule has 0 saturated heterocycles. The zero-order valence-electron chi connectivity index (χ0n) is 7.68. The van der Waals surface area contributed by atoms with Gasteiger partial charge in [0.2, 0.25) is 0 Å². The SMILES string of the molecule is CNC(=O)ON=CC=NOC(=O)NC. The maximum atomic E-state index is 10.4. The van der Waals surface area contributed by atoms with Crippen LogP contribution in [0.3, 0.4) is 0 Å². The van der Waals surface area contributed by atoms with Crippen molar-refractivity contribution in [2.45, 2.75) is 0 Å². The van der Waals surface area contributed by atoms with Crippen LogP contribution in [0.2, 0.25) is 0 Å². The molecule has 0 rings (SSSR count). The van der Waals surface area contributed by atoms with Gasteiger partial charge in [-0.15, -0.1) is 0 Å². The average Bonchev–Trinajstić information content (AvgIpc) is 2.22. The fraction of sp³-hybridized carbons (Fsp3) is 0.333. The number of nitrogens with zero attached hydrogens (tertiary/aromatic N) is 2. The molecule has 0 aliphatic heterocycles. The Morgan fingerprint density at radius 1 is 1.00 bits per heavy atom. The van der Waals surface area contributed by atoms with Gasteiger partial charge in [0.05, 0.1) is 12.4 Å². The Labute approximate surface area is 79.9 Å². The monoisotopic (exact) mass is 202 g/mol. The minimum Gasteiger partial charge on any atom is -0.323 e. The number of oxime groups is 2. The second-order valence-electron chi connectivity index (χ2n) is 1.77. The van der Waals surface area contributed by atoms with E-state index >= 15 is 0 Å². The summed E-state index contributed by atoms with van der Waals surface area (Å²) in [6.07, 6.45) is 0.667. The summed E-state index contributed by atoms with van der Waals surface area (Å²) < 4.78 is 0. The number of hydrogen-bond acceptors (Lipinski definition) is 6. The minimum absolute atomic E-state index is 0.707. The van der Waals surface area contributed by atoms with Crippen LogP contribution in [0.5, 0.6) is 0 Å². The molecule has 0 fully saturated rings. The van der Waals surface area contributed by atoms with Gasteiger partial charge in [0.1, 0.15) is 0 Å². The van der Waals surface area contributed by atoms with E-state index in [1.54, 1.807) is 0 Å². The molecular formula is C6H10N4O4. The highest BCUT2D eigenvalue weighted by atomic mass is 16.7. The van der Waals surface area contributed by atoms with Gasteiger partial charge in [-0.1, -0.05) is 10.3 Å². The van der Waals surface area contributed by atoms with E-state index in [9.17, 15) is 9.59 Å². The van der Waals surface area contributed by atoms with Crippen LogP contribution in [0.25, 0.3) is 0 Å². The van der Waals surface area contributed by atoms with Gasteiger partial charge >= 0.3 is 12.2 Å².